The second-order valence-corrected chi connectivity index (χ2v) is 11.3. The van der Waals surface area contributed by atoms with Gasteiger partial charge in [-0.2, -0.15) is 0 Å². The van der Waals surface area contributed by atoms with Gasteiger partial charge in [0.1, 0.15) is 0 Å². The molecule has 0 heterocycles. The molecule has 0 bridgehead atoms. The quantitative estimate of drug-likeness (QED) is 0.773. The smallest absolute Gasteiger partial charge is 0.0686 e. The molecule has 1 aromatic rings. The monoisotopic (exact) mass is 277 g/mol. The fourth-order valence-corrected chi connectivity index (χ4v) is 3.90. The van der Waals surface area contributed by atoms with Crippen LogP contribution in [-0.4, -0.2) is 37.8 Å². The average molecular weight is 277 g/mol. The Morgan fingerprint density at radius 1 is 1.21 bits per heavy atom. The van der Waals surface area contributed by atoms with Crippen LogP contribution in [0.4, 0.5) is 0 Å². The molecule has 0 aliphatic heterocycles. The zero-order valence-corrected chi connectivity index (χ0v) is 13.7. The number of nitrogens with zero attached hydrogens (tertiary/aromatic N) is 1. The van der Waals surface area contributed by atoms with Gasteiger partial charge in [-0.3, -0.25) is 4.90 Å². The largest absolute Gasteiger partial charge is 0.395 e. The van der Waals surface area contributed by atoms with Crippen LogP contribution in [0.5, 0.6) is 0 Å². The van der Waals surface area contributed by atoms with Gasteiger partial charge in [-0.25, -0.2) is 0 Å². The van der Waals surface area contributed by atoms with Crippen LogP contribution in [0.2, 0.25) is 19.6 Å². The van der Waals surface area contributed by atoms with Gasteiger partial charge in [-0.1, -0.05) is 61.2 Å². The normalized spacial score (nSPS) is 13.1. The summed E-state index contributed by atoms with van der Waals surface area (Å²) in [5.41, 5.74) is 5.17. The molecule has 3 heteroatoms. The number of aliphatic hydroxyl groups excluding tert-OH is 1. The molecule has 0 aliphatic carbocycles. The highest BCUT2D eigenvalue weighted by Crippen LogP contribution is 2.10. The van der Waals surface area contributed by atoms with E-state index in [4.69, 9.17) is 0 Å². The van der Waals surface area contributed by atoms with Gasteiger partial charge in [0.05, 0.1) is 14.7 Å². The van der Waals surface area contributed by atoms with E-state index in [-0.39, 0.29) is 6.61 Å². The molecule has 0 amide bonds. The van der Waals surface area contributed by atoms with Gasteiger partial charge in [0, 0.05) is 19.6 Å². The number of benzene rings is 1. The summed E-state index contributed by atoms with van der Waals surface area (Å²) in [6.45, 7) is 12.0. The summed E-state index contributed by atoms with van der Waals surface area (Å²) in [5.74, 6) is 0. The van der Waals surface area contributed by atoms with Crippen LogP contribution in [0.1, 0.15) is 12.5 Å². The lowest BCUT2D eigenvalue weighted by atomic mass is 10.2. The zero-order chi connectivity index (χ0) is 14.3. The van der Waals surface area contributed by atoms with E-state index in [1.54, 1.807) is 0 Å². The first-order valence-corrected chi connectivity index (χ1v) is 10.5. The summed E-state index contributed by atoms with van der Waals surface area (Å²) in [6, 6.07) is 10.5. The van der Waals surface area contributed by atoms with Crippen molar-refractivity contribution in [2.45, 2.75) is 33.1 Å². The van der Waals surface area contributed by atoms with Gasteiger partial charge in [-0.15, -0.1) is 0 Å². The molecular formula is C16H27NOSi. The average Bonchev–Trinajstić information content (AvgIpc) is 2.27. The maximum atomic E-state index is 9.21. The Bertz CT molecular complexity index is 395. The van der Waals surface area contributed by atoms with Crippen molar-refractivity contribution in [3.63, 3.8) is 0 Å². The van der Waals surface area contributed by atoms with Gasteiger partial charge in [0.25, 0.3) is 0 Å². The molecule has 1 aromatic carbocycles. The summed E-state index contributed by atoms with van der Waals surface area (Å²) >= 11 is 0. The van der Waals surface area contributed by atoms with Gasteiger partial charge in [0.15, 0.2) is 0 Å². The third-order valence-electron chi connectivity index (χ3n) is 2.82. The first-order chi connectivity index (χ1) is 8.90. The van der Waals surface area contributed by atoms with Gasteiger partial charge in [-0.05, 0) is 12.5 Å². The Kier molecular flexibility index (Phi) is 6.49. The lowest BCUT2D eigenvalue weighted by Gasteiger charge is -2.23. The van der Waals surface area contributed by atoms with Crippen molar-refractivity contribution < 1.29 is 5.11 Å². The molecule has 2 nitrogen and oxygen atoms in total. The minimum Gasteiger partial charge on any atom is -0.395 e. The standard InChI is InChI=1S/C16H27NOSi/c1-15(14-19(2,3)4)12-17(10-11-18)13-16-8-6-5-7-9-16/h5-9,14,18H,10-13H2,1-4H3/b15-14+. The van der Waals surface area contributed by atoms with Crippen molar-refractivity contribution in [1.29, 1.82) is 0 Å². The molecule has 19 heavy (non-hydrogen) atoms. The van der Waals surface area contributed by atoms with Crippen LogP contribution in [-0.2, 0) is 6.54 Å². The van der Waals surface area contributed by atoms with E-state index in [2.05, 4.69) is 61.4 Å². The highest BCUT2D eigenvalue weighted by atomic mass is 28.3. The van der Waals surface area contributed by atoms with E-state index in [1.165, 1.54) is 11.1 Å². The van der Waals surface area contributed by atoms with Crippen molar-refractivity contribution in [1.82, 2.24) is 4.90 Å². The van der Waals surface area contributed by atoms with Gasteiger partial charge < -0.3 is 5.11 Å². The Morgan fingerprint density at radius 2 is 1.84 bits per heavy atom. The third kappa shape index (κ3) is 7.30. The molecule has 0 saturated carbocycles. The second kappa shape index (κ2) is 7.63. The Hall–Kier alpha value is -0.903. The second-order valence-electron chi connectivity index (χ2n) is 6.28. The molecule has 0 fully saturated rings. The summed E-state index contributed by atoms with van der Waals surface area (Å²) in [5, 5.41) is 9.21. The molecular weight excluding hydrogens is 250 g/mol. The summed E-state index contributed by atoms with van der Waals surface area (Å²) < 4.78 is 0. The fourth-order valence-electron chi connectivity index (χ4n) is 2.33. The first-order valence-electron chi connectivity index (χ1n) is 6.96. The minimum atomic E-state index is -1.15. The number of aliphatic hydroxyl groups is 1. The van der Waals surface area contributed by atoms with E-state index in [0.717, 1.165) is 19.6 Å². The lowest BCUT2D eigenvalue weighted by Crippen LogP contribution is -2.29. The van der Waals surface area contributed by atoms with E-state index >= 15 is 0 Å². The van der Waals surface area contributed by atoms with E-state index in [1.807, 2.05) is 6.07 Å². The predicted molar refractivity (Wildman–Crippen MR) is 85.9 cm³/mol. The van der Waals surface area contributed by atoms with Crippen LogP contribution < -0.4 is 0 Å². The minimum absolute atomic E-state index is 0.215. The summed E-state index contributed by atoms with van der Waals surface area (Å²) in [7, 11) is -1.15. The molecule has 0 unspecified atom stereocenters. The molecule has 0 saturated heterocycles. The Balaban J connectivity index is 2.65. The molecule has 1 rings (SSSR count). The van der Waals surface area contributed by atoms with E-state index in [9.17, 15) is 5.11 Å². The lowest BCUT2D eigenvalue weighted by molar-refractivity contribution is 0.200. The van der Waals surface area contributed by atoms with Gasteiger partial charge in [0.2, 0.25) is 0 Å². The highest BCUT2D eigenvalue weighted by Gasteiger charge is 2.11. The predicted octanol–water partition coefficient (Wildman–Crippen LogP) is 3.30. The third-order valence-corrected chi connectivity index (χ3v) is 4.18. The molecule has 0 aliphatic rings. The first kappa shape index (κ1) is 16.2. The van der Waals surface area contributed by atoms with E-state index < -0.39 is 8.07 Å². The van der Waals surface area contributed by atoms with Crippen LogP contribution in [0.15, 0.2) is 41.6 Å². The highest BCUT2D eigenvalue weighted by molar-refractivity contribution is 6.81. The van der Waals surface area contributed by atoms with Gasteiger partial charge >= 0.3 is 0 Å². The van der Waals surface area contributed by atoms with Crippen molar-refractivity contribution in [2.75, 3.05) is 19.7 Å². The number of rotatable bonds is 7. The van der Waals surface area contributed by atoms with Crippen molar-refractivity contribution in [3.8, 4) is 0 Å². The summed E-state index contributed by atoms with van der Waals surface area (Å²) in [4.78, 5) is 2.31. The molecule has 1 N–H and O–H groups in total. The molecule has 106 valence electrons. The van der Waals surface area contributed by atoms with Crippen LogP contribution in [0, 0.1) is 0 Å². The molecule has 0 aromatic heterocycles. The Labute approximate surface area is 118 Å². The van der Waals surface area contributed by atoms with Crippen molar-refractivity contribution >= 4 is 8.07 Å². The maximum absolute atomic E-state index is 9.21. The Morgan fingerprint density at radius 3 is 2.37 bits per heavy atom. The van der Waals surface area contributed by atoms with Crippen molar-refractivity contribution in [2.24, 2.45) is 0 Å². The molecule has 0 atom stereocenters. The zero-order valence-electron chi connectivity index (χ0n) is 12.7. The van der Waals surface area contributed by atoms with E-state index in [0.29, 0.717) is 0 Å². The summed E-state index contributed by atoms with van der Waals surface area (Å²) in [6.07, 6.45) is 0. The topological polar surface area (TPSA) is 23.5 Å². The fraction of sp³-hybridized carbons (Fsp3) is 0.500. The molecule has 0 spiro atoms. The van der Waals surface area contributed by atoms with Crippen LogP contribution in [0.3, 0.4) is 0 Å². The molecule has 0 radical (unpaired) electrons. The van der Waals surface area contributed by atoms with Crippen molar-refractivity contribution in [3.05, 3.63) is 47.2 Å². The van der Waals surface area contributed by atoms with Crippen LogP contribution >= 0.6 is 0 Å². The van der Waals surface area contributed by atoms with Crippen LogP contribution in [0.25, 0.3) is 0 Å². The number of hydrogen-bond donors (Lipinski definition) is 1. The SMILES string of the molecule is C/C(=C\[Si](C)(C)C)CN(CCO)Cc1ccccc1. The maximum Gasteiger partial charge on any atom is 0.0686 e. The number of hydrogen-bond acceptors (Lipinski definition) is 2.